The number of aliphatic hydroxyl groups is 1. The van der Waals surface area contributed by atoms with E-state index < -0.39 is 5.60 Å². The third-order valence-corrected chi connectivity index (χ3v) is 4.34. The average Bonchev–Trinajstić information content (AvgIpc) is 2.37. The second-order valence-electron chi connectivity index (χ2n) is 5.56. The van der Waals surface area contributed by atoms with Gasteiger partial charge < -0.3 is 10.4 Å². The van der Waals surface area contributed by atoms with Crippen molar-refractivity contribution < 1.29 is 9.90 Å². The molecule has 1 saturated heterocycles. The minimum absolute atomic E-state index is 0.00132. The number of benzene rings is 1. The summed E-state index contributed by atoms with van der Waals surface area (Å²) in [7, 11) is 0. The molecule has 0 spiro atoms. The Morgan fingerprint density at radius 3 is 2.60 bits per heavy atom. The molecule has 5 heteroatoms. The number of carbonyl (C=O) groups excluding carboxylic acids is 1. The molecule has 1 aromatic rings. The molecule has 1 amide bonds. The molecule has 1 unspecified atom stereocenters. The Labute approximate surface area is 128 Å². The molecule has 1 atom stereocenters. The number of β-amino-alcohol motifs (C(OH)–C–C–N with tert-alkyl or cyclic N) is 1. The number of carbonyl (C=O) groups is 1. The van der Waals surface area contributed by atoms with Crippen LogP contribution >= 0.6 is 15.9 Å². The third-order valence-electron chi connectivity index (χ3n) is 3.81. The van der Waals surface area contributed by atoms with Crippen molar-refractivity contribution in [3.8, 4) is 0 Å². The molecule has 2 rings (SSSR count). The van der Waals surface area contributed by atoms with Crippen molar-refractivity contribution in [2.45, 2.75) is 31.9 Å². The first-order valence-corrected chi connectivity index (χ1v) is 7.71. The van der Waals surface area contributed by atoms with Gasteiger partial charge in [0.2, 0.25) is 5.91 Å². The number of rotatable bonds is 5. The minimum Gasteiger partial charge on any atom is -0.387 e. The van der Waals surface area contributed by atoms with Gasteiger partial charge in [-0.2, -0.15) is 0 Å². The van der Waals surface area contributed by atoms with E-state index in [0.29, 0.717) is 19.6 Å². The average molecular weight is 341 g/mol. The fraction of sp³-hybridized carbons (Fsp3) is 0.533. The number of amides is 1. The fourth-order valence-electron chi connectivity index (χ4n) is 2.45. The fourth-order valence-corrected chi connectivity index (χ4v) is 2.71. The van der Waals surface area contributed by atoms with E-state index in [2.05, 4.69) is 21.2 Å². The largest absolute Gasteiger partial charge is 0.387 e. The monoisotopic (exact) mass is 340 g/mol. The van der Waals surface area contributed by atoms with Gasteiger partial charge in [-0.3, -0.25) is 9.69 Å². The summed E-state index contributed by atoms with van der Waals surface area (Å²) in [5, 5.41) is 12.9. The zero-order valence-corrected chi connectivity index (χ0v) is 13.5. The summed E-state index contributed by atoms with van der Waals surface area (Å²) < 4.78 is 1.03. The van der Waals surface area contributed by atoms with Gasteiger partial charge in [-0.1, -0.05) is 35.0 Å². The lowest BCUT2D eigenvalue weighted by Crippen LogP contribution is -2.63. The van der Waals surface area contributed by atoms with E-state index in [9.17, 15) is 9.90 Å². The van der Waals surface area contributed by atoms with Crippen molar-refractivity contribution in [3.63, 3.8) is 0 Å². The van der Waals surface area contributed by atoms with Crippen molar-refractivity contribution in [3.05, 3.63) is 34.3 Å². The van der Waals surface area contributed by atoms with E-state index >= 15 is 0 Å². The second kappa shape index (κ2) is 6.24. The Kier molecular flexibility index (Phi) is 4.83. The van der Waals surface area contributed by atoms with Crippen LogP contribution in [0.1, 0.15) is 31.9 Å². The molecule has 0 radical (unpaired) electrons. The summed E-state index contributed by atoms with van der Waals surface area (Å²) in [6, 6.07) is 7.91. The van der Waals surface area contributed by atoms with E-state index in [1.54, 1.807) is 0 Å². The number of halogens is 1. The highest BCUT2D eigenvalue weighted by Crippen LogP contribution is 2.23. The summed E-state index contributed by atoms with van der Waals surface area (Å²) in [5.41, 5.74) is 0.493. The summed E-state index contributed by atoms with van der Waals surface area (Å²) >= 11 is 3.39. The maximum absolute atomic E-state index is 12.0. The predicted octanol–water partition coefficient (Wildman–Crippen LogP) is 2.08. The zero-order valence-electron chi connectivity index (χ0n) is 11.9. The van der Waals surface area contributed by atoms with Gasteiger partial charge in [-0.15, -0.1) is 0 Å². The molecule has 0 bridgehead atoms. The number of nitrogens with zero attached hydrogens (tertiary/aromatic N) is 1. The van der Waals surface area contributed by atoms with Crippen LogP contribution in [-0.2, 0) is 4.79 Å². The molecule has 4 nitrogen and oxygen atoms in total. The first-order valence-electron chi connectivity index (χ1n) is 6.91. The first kappa shape index (κ1) is 15.5. The summed E-state index contributed by atoms with van der Waals surface area (Å²) in [6.45, 7) is 5.46. The summed E-state index contributed by atoms with van der Waals surface area (Å²) in [5.74, 6) is -0.00132. The van der Waals surface area contributed by atoms with Gasteiger partial charge in [0.15, 0.2) is 0 Å². The van der Waals surface area contributed by atoms with Gasteiger partial charge in [-0.25, -0.2) is 0 Å². The first-order chi connectivity index (χ1) is 9.42. The van der Waals surface area contributed by atoms with Gasteiger partial charge in [0.25, 0.3) is 0 Å². The highest BCUT2D eigenvalue weighted by molar-refractivity contribution is 9.10. The molecule has 0 aliphatic carbocycles. The van der Waals surface area contributed by atoms with Crippen molar-refractivity contribution in [2.75, 3.05) is 19.6 Å². The van der Waals surface area contributed by atoms with Gasteiger partial charge in [-0.05, 0) is 31.0 Å². The molecular formula is C15H21BrN2O2. The van der Waals surface area contributed by atoms with Crippen LogP contribution in [-0.4, -0.2) is 41.1 Å². The maximum atomic E-state index is 12.0. The summed E-state index contributed by atoms with van der Waals surface area (Å²) in [6.07, 6.45) is 0.737. The molecule has 0 aromatic heterocycles. The Morgan fingerprint density at radius 2 is 2.05 bits per heavy atom. The maximum Gasteiger partial charge on any atom is 0.234 e. The van der Waals surface area contributed by atoms with Gasteiger partial charge in [0.1, 0.15) is 0 Å². The van der Waals surface area contributed by atoms with Crippen LogP contribution in [0.4, 0.5) is 0 Å². The normalized spacial score (nSPS) is 19.2. The van der Waals surface area contributed by atoms with Crippen LogP contribution in [0.5, 0.6) is 0 Å². The Bertz CT molecular complexity index is 469. The standard InChI is InChI=1S/C15H21BrN2O2/c1-3-15(20)9-18(10-15)8-14(19)17-11(2)12-4-6-13(16)7-5-12/h4-7,11,20H,3,8-10H2,1-2H3,(H,17,19). The summed E-state index contributed by atoms with van der Waals surface area (Å²) in [4.78, 5) is 13.9. The Balaban J connectivity index is 1.79. The van der Waals surface area contributed by atoms with Crippen molar-refractivity contribution in [1.29, 1.82) is 0 Å². The van der Waals surface area contributed by atoms with Crippen LogP contribution in [0.3, 0.4) is 0 Å². The number of likely N-dealkylation sites (tertiary alicyclic amines) is 1. The van der Waals surface area contributed by atoms with E-state index in [4.69, 9.17) is 0 Å². The van der Waals surface area contributed by atoms with E-state index in [-0.39, 0.29) is 11.9 Å². The topological polar surface area (TPSA) is 52.6 Å². The minimum atomic E-state index is -0.586. The second-order valence-corrected chi connectivity index (χ2v) is 6.48. The van der Waals surface area contributed by atoms with Crippen molar-refractivity contribution in [1.82, 2.24) is 10.2 Å². The molecule has 2 N–H and O–H groups in total. The van der Waals surface area contributed by atoms with Crippen molar-refractivity contribution in [2.24, 2.45) is 0 Å². The van der Waals surface area contributed by atoms with Gasteiger partial charge in [0, 0.05) is 17.6 Å². The van der Waals surface area contributed by atoms with E-state index in [1.807, 2.05) is 43.0 Å². The number of hydrogen-bond donors (Lipinski definition) is 2. The van der Waals surface area contributed by atoms with Gasteiger partial charge >= 0.3 is 0 Å². The Hall–Kier alpha value is -0.910. The van der Waals surface area contributed by atoms with E-state index in [1.165, 1.54) is 0 Å². The molecule has 1 heterocycles. The number of hydrogen-bond acceptors (Lipinski definition) is 3. The molecule has 1 aliphatic rings. The van der Waals surface area contributed by atoms with Gasteiger partial charge in [0.05, 0.1) is 18.2 Å². The zero-order chi connectivity index (χ0) is 14.8. The molecule has 1 aliphatic heterocycles. The van der Waals surface area contributed by atoms with Crippen LogP contribution in [0.2, 0.25) is 0 Å². The lowest BCUT2D eigenvalue weighted by atomic mass is 9.91. The molecule has 1 fully saturated rings. The van der Waals surface area contributed by atoms with Crippen LogP contribution < -0.4 is 5.32 Å². The number of nitrogens with one attached hydrogen (secondary N) is 1. The van der Waals surface area contributed by atoms with Crippen LogP contribution in [0, 0.1) is 0 Å². The smallest absolute Gasteiger partial charge is 0.234 e. The molecule has 20 heavy (non-hydrogen) atoms. The van der Waals surface area contributed by atoms with Crippen molar-refractivity contribution >= 4 is 21.8 Å². The highest BCUT2D eigenvalue weighted by Gasteiger charge is 2.39. The SMILES string of the molecule is CCC1(O)CN(CC(=O)NC(C)c2ccc(Br)cc2)C1. The molecule has 110 valence electrons. The predicted molar refractivity (Wildman–Crippen MR) is 82.4 cm³/mol. The lowest BCUT2D eigenvalue weighted by molar-refractivity contribution is -0.133. The van der Waals surface area contributed by atoms with E-state index in [0.717, 1.165) is 16.5 Å². The molecular weight excluding hydrogens is 320 g/mol. The molecule has 1 aromatic carbocycles. The lowest BCUT2D eigenvalue weighted by Gasteiger charge is -2.45. The quantitative estimate of drug-likeness (QED) is 0.862. The third kappa shape index (κ3) is 3.81. The van der Waals surface area contributed by atoms with Crippen LogP contribution in [0.25, 0.3) is 0 Å². The Morgan fingerprint density at radius 1 is 1.45 bits per heavy atom. The van der Waals surface area contributed by atoms with Crippen LogP contribution in [0.15, 0.2) is 28.7 Å². The highest BCUT2D eigenvalue weighted by atomic mass is 79.9. The molecule has 0 saturated carbocycles.